The lowest BCUT2D eigenvalue weighted by molar-refractivity contribution is 0.118. The molecule has 3 aromatic carbocycles. The van der Waals surface area contributed by atoms with Crippen LogP contribution in [0.2, 0.25) is 5.02 Å². The van der Waals surface area contributed by atoms with Gasteiger partial charge in [-0.3, -0.25) is 9.80 Å². The van der Waals surface area contributed by atoms with E-state index in [1.165, 1.54) is 27.8 Å². The maximum atomic E-state index is 6.43. The van der Waals surface area contributed by atoms with Gasteiger partial charge in [-0.25, -0.2) is 0 Å². The molecule has 0 spiro atoms. The van der Waals surface area contributed by atoms with E-state index >= 15 is 0 Å². The second-order valence-corrected chi connectivity index (χ2v) is 8.72. The SMILES string of the molecule is Clc1ccc2c(c1)C(N1CCN(C/C=C/c3ccccc3)CC1)c1ccccc1C=C2. The van der Waals surface area contributed by atoms with Gasteiger partial charge in [0.05, 0.1) is 6.04 Å². The van der Waals surface area contributed by atoms with Crippen LogP contribution in [-0.4, -0.2) is 42.5 Å². The second-order valence-electron chi connectivity index (χ2n) is 8.29. The minimum atomic E-state index is 0.238. The fourth-order valence-electron chi connectivity index (χ4n) is 4.69. The van der Waals surface area contributed by atoms with Crippen molar-refractivity contribution in [2.75, 3.05) is 32.7 Å². The van der Waals surface area contributed by atoms with Crippen LogP contribution in [-0.2, 0) is 0 Å². The molecule has 2 nitrogen and oxygen atoms in total. The van der Waals surface area contributed by atoms with Crippen LogP contribution in [0.3, 0.4) is 0 Å². The Morgan fingerprint density at radius 2 is 1.48 bits per heavy atom. The van der Waals surface area contributed by atoms with Crippen LogP contribution in [0, 0.1) is 0 Å². The van der Waals surface area contributed by atoms with Crippen LogP contribution in [0.15, 0.2) is 78.9 Å². The largest absolute Gasteiger partial charge is 0.297 e. The van der Waals surface area contributed by atoms with Crippen molar-refractivity contribution in [2.45, 2.75) is 6.04 Å². The molecule has 3 heteroatoms. The zero-order chi connectivity index (χ0) is 21.0. The average Bonchev–Trinajstić information content (AvgIpc) is 2.97. The van der Waals surface area contributed by atoms with Crippen LogP contribution >= 0.6 is 11.6 Å². The van der Waals surface area contributed by atoms with Gasteiger partial charge in [-0.2, -0.15) is 0 Å². The first kappa shape index (κ1) is 20.3. The van der Waals surface area contributed by atoms with E-state index in [0.29, 0.717) is 0 Å². The molecule has 1 saturated heterocycles. The molecule has 2 aliphatic rings. The Bertz CT molecular complexity index is 1100. The van der Waals surface area contributed by atoms with Gasteiger partial charge in [-0.1, -0.05) is 96.6 Å². The fourth-order valence-corrected chi connectivity index (χ4v) is 4.87. The van der Waals surface area contributed by atoms with Crippen LogP contribution in [0.25, 0.3) is 18.2 Å². The second kappa shape index (κ2) is 9.23. The molecule has 3 aromatic rings. The summed E-state index contributed by atoms with van der Waals surface area (Å²) in [5, 5.41) is 0.807. The number of rotatable bonds is 4. The average molecular weight is 427 g/mol. The Hall–Kier alpha value is -2.65. The number of fused-ring (bicyclic) bond motifs is 2. The summed E-state index contributed by atoms with van der Waals surface area (Å²) in [6.07, 6.45) is 8.98. The van der Waals surface area contributed by atoms with E-state index in [0.717, 1.165) is 37.7 Å². The lowest BCUT2D eigenvalue weighted by atomic mass is 9.92. The summed E-state index contributed by atoms with van der Waals surface area (Å²) >= 11 is 6.43. The van der Waals surface area contributed by atoms with Crippen molar-refractivity contribution in [3.05, 3.63) is 112 Å². The predicted molar refractivity (Wildman–Crippen MR) is 132 cm³/mol. The van der Waals surface area contributed by atoms with Crippen LogP contribution in [0.5, 0.6) is 0 Å². The van der Waals surface area contributed by atoms with Crippen molar-refractivity contribution >= 4 is 29.8 Å². The van der Waals surface area contributed by atoms with E-state index in [4.69, 9.17) is 11.6 Å². The highest BCUT2D eigenvalue weighted by molar-refractivity contribution is 6.30. The normalized spacial score (nSPS) is 19.2. The summed E-state index contributed by atoms with van der Waals surface area (Å²) in [6, 6.07) is 25.8. The monoisotopic (exact) mass is 426 g/mol. The van der Waals surface area contributed by atoms with Gasteiger partial charge in [0.1, 0.15) is 0 Å². The minimum Gasteiger partial charge on any atom is -0.297 e. The molecule has 1 atom stereocenters. The summed E-state index contributed by atoms with van der Waals surface area (Å²) in [5.41, 5.74) is 6.51. The molecular formula is C28H27ClN2. The molecular weight excluding hydrogens is 400 g/mol. The highest BCUT2D eigenvalue weighted by Crippen LogP contribution is 2.38. The summed E-state index contributed by atoms with van der Waals surface area (Å²) in [4.78, 5) is 5.16. The topological polar surface area (TPSA) is 6.48 Å². The van der Waals surface area contributed by atoms with Crippen molar-refractivity contribution in [1.82, 2.24) is 9.80 Å². The van der Waals surface area contributed by atoms with Crippen LogP contribution < -0.4 is 0 Å². The summed E-state index contributed by atoms with van der Waals surface area (Å²) in [6.45, 7) is 5.23. The fraction of sp³-hybridized carbons (Fsp3) is 0.214. The van der Waals surface area contributed by atoms with E-state index < -0.39 is 0 Å². The molecule has 0 bridgehead atoms. The minimum absolute atomic E-state index is 0.238. The molecule has 0 N–H and O–H groups in total. The first-order valence-electron chi connectivity index (χ1n) is 11.0. The van der Waals surface area contributed by atoms with Crippen molar-refractivity contribution in [2.24, 2.45) is 0 Å². The zero-order valence-electron chi connectivity index (χ0n) is 17.6. The zero-order valence-corrected chi connectivity index (χ0v) is 18.4. The molecule has 0 saturated carbocycles. The molecule has 0 amide bonds. The molecule has 0 radical (unpaired) electrons. The molecule has 1 aliphatic heterocycles. The maximum absolute atomic E-state index is 6.43. The molecule has 0 aromatic heterocycles. The van der Waals surface area contributed by atoms with Crippen LogP contribution in [0.1, 0.15) is 33.9 Å². The molecule has 156 valence electrons. The van der Waals surface area contributed by atoms with Crippen molar-refractivity contribution in [3.8, 4) is 0 Å². The summed E-state index contributed by atoms with van der Waals surface area (Å²) in [7, 11) is 0. The van der Waals surface area contributed by atoms with Crippen molar-refractivity contribution in [3.63, 3.8) is 0 Å². The maximum Gasteiger partial charge on any atom is 0.0614 e. The molecule has 31 heavy (non-hydrogen) atoms. The Balaban J connectivity index is 1.33. The van der Waals surface area contributed by atoms with Gasteiger partial charge in [-0.05, 0) is 39.9 Å². The Morgan fingerprint density at radius 1 is 0.774 bits per heavy atom. The Labute approximate surface area is 190 Å². The van der Waals surface area contributed by atoms with Gasteiger partial charge in [0, 0.05) is 37.7 Å². The molecule has 5 rings (SSSR count). The van der Waals surface area contributed by atoms with Gasteiger partial charge >= 0.3 is 0 Å². The van der Waals surface area contributed by atoms with Gasteiger partial charge in [0.25, 0.3) is 0 Å². The van der Waals surface area contributed by atoms with Gasteiger partial charge in [0.2, 0.25) is 0 Å². The van der Waals surface area contributed by atoms with E-state index in [9.17, 15) is 0 Å². The highest BCUT2D eigenvalue weighted by Gasteiger charge is 2.29. The van der Waals surface area contributed by atoms with Gasteiger partial charge in [-0.15, -0.1) is 0 Å². The number of piperazine rings is 1. The van der Waals surface area contributed by atoms with E-state index in [1.807, 2.05) is 6.07 Å². The molecule has 1 fully saturated rings. The summed E-state index contributed by atoms with van der Waals surface area (Å²) < 4.78 is 0. The Kier molecular flexibility index (Phi) is 6.04. The number of hydrogen-bond acceptors (Lipinski definition) is 2. The van der Waals surface area contributed by atoms with Crippen LogP contribution in [0.4, 0.5) is 0 Å². The van der Waals surface area contributed by atoms with E-state index in [1.54, 1.807) is 0 Å². The van der Waals surface area contributed by atoms with Crippen molar-refractivity contribution < 1.29 is 0 Å². The standard InChI is InChI=1S/C28H27ClN2/c29-25-15-14-24-13-12-23-10-4-5-11-26(23)28(27(24)21-25)31-19-17-30(18-20-31)16-6-9-22-7-2-1-3-8-22/h1-15,21,28H,16-20H2/b9-6+. The smallest absolute Gasteiger partial charge is 0.0614 e. The molecule has 1 aliphatic carbocycles. The number of halogens is 1. The lowest BCUT2D eigenvalue weighted by Gasteiger charge is -2.40. The van der Waals surface area contributed by atoms with Gasteiger partial charge in [0.15, 0.2) is 0 Å². The highest BCUT2D eigenvalue weighted by atomic mass is 35.5. The number of hydrogen-bond donors (Lipinski definition) is 0. The quantitative estimate of drug-likeness (QED) is 0.486. The third-order valence-electron chi connectivity index (χ3n) is 6.32. The number of benzene rings is 3. The first-order valence-corrected chi connectivity index (χ1v) is 11.4. The molecule has 1 unspecified atom stereocenters. The first-order chi connectivity index (χ1) is 15.3. The van der Waals surface area contributed by atoms with E-state index in [-0.39, 0.29) is 6.04 Å². The van der Waals surface area contributed by atoms with Crippen molar-refractivity contribution in [1.29, 1.82) is 0 Å². The molecule has 1 heterocycles. The third kappa shape index (κ3) is 4.52. The third-order valence-corrected chi connectivity index (χ3v) is 6.56. The lowest BCUT2D eigenvalue weighted by Crippen LogP contribution is -2.47. The Morgan fingerprint density at radius 3 is 2.29 bits per heavy atom. The van der Waals surface area contributed by atoms with Gasteiger partial charge < -0.3 is 0 Å². The van der Waals surface area contributed by atoms with E-state index in [2.05, 4.69) is 101 Å². The summed E-state index contributed by atoms with van der Waals surface area (Å²) in [5.74, 6) is 0. The predicted octanol–water partition coefficient (Wildman–Crippen LogP) is 6.24. The number of nitrogens with zero attached hydrogens (tertiary/aromatic N) is 2.